The average Bonchev–Trinajstić information content (AvgIpc) is 2.84. The maximum absolute atomic E-state index is 6.07. The second kappa shape index (κ2) is 9.13. The molecular formula is C27H27N7O. The lowest BCUT2D eigenvalue weighted by Gasteiger charge is -2.15. The summed E-state index contributed by atoms with van der Waals surface area (Å²) in [6, 6.07) is 11.9. The lowest BCUT2D eigenvalue weighted by molar-refractivity contribution is 0.304. The number of aromatic nitrogens is 5. The standard InChI is InChI=1S/C27H27N7O/c1-15-9-22-21(7-8-29-27(22)28)16(2)23(15)13-30-26-11-20(12-31-34-26)35-14-19-5-6-24-25(10-19)33-18(4)17(3)32-24/h5-12H,13-14H2,1-4H3,(H2,28,29)(H,30,34). The molecule has 2 aromatic carbocycles. The van der Waals surface area contributed by atoms with Crippen molar-refractivity contribution >= 4 is 33.4 Å². The van der Waals surface area contributed by atoms with Crippen LogP contribution in [0.5, 0.6) is 5.75 Å². The molecular weight excluding hydrogens is 438 g/mol. The number of anilines is 2. The van der Waals surface area contributed by atoms with E-state index in [2.05, 4.69) is 50.4 Å². The first-order chi connectivity index (χ1) is 16.9. The van der Waals surface area contributed by atoms with E-state index in [4.69, 9.17) is 10.5 Å². The first-order valence-electron chi connectivity index (χ1n) is 11.5. The Morgan fingerprint density at radius 2 is 1.71 bits per heavy atom. The number of ether oxygens (including phenoxy) is 1. The fourth-order valence-electron chi connectivity index (χ4n) is 4.23. The summed E-state index contributed by atoms with van der Waals surface area (Å²) >= 11 is 0. The summed E-state index contributed by atoms with van der Waals surface area (Å²) in [6.07, 6.45) is 3.36. The molecule has 0 aliphatic rings. The van der Waals surface area contributed by atoms with E-state index >= 15 is 0 Å². The minimum Gasteiger partial charge on any atom is -0.487 e. The van der Waals surface area contributed by atoms with Gasteiger partial charge in [0.15, 0.2) is 5.82 Å². The van der Waals surface area contributed by atoms with E-state index in [0.717, 1.165) is 44.3 Å². The molecule has 3 heterocycles. The number of hydrogen-bond donors (Lipinski definition) is 2. The Kier molecular flexibility index (Phi) is 5.86. The van der Waals surface area contributed by atoms with Crippen molar-refractivity contribution in [2.75, 3.05) is 11.1 Å². The lowest BCUT2D eigenvalue weighted by atomic mass is 9.96. The first-order valence-corrected chi connectivity index (χ1v) is 11.5. The third-order valence-electron chi connectivity index (χ3n) is 6.34. The zero-order valence-electron chi connectivity index (χ0n) is 20.3. The van der Waals surface area contributed by atoms with Gasteiger partial charge in [0, 0.05) is 24.2 Å². The van der Waals surface area contributed by atoms with Gasteiger partial charge < -0.3 is 15.8 Å². The largest absolute Gasteiger partial charge is 0.487 e. The van der Waals surface area contributed by atoms with Crippen LogP contribution in [0.3, 0.4) is 0 Å². The van der Waals surface area contributed by atoms with E-state index in [1.165, 1.54) is 11.1 Å². The molecule has 176 valence electrons. The van der Waals surface area contributed by atoms with Gasteiger partial charge in [0.1, 0.15) is 18.2 Å². The van der Waals surface area contributed by atoms with Crippen LogP contribution in [0.1, 0.15) is 33.6 Å². The van der Waals surface area contributed by atoms with Crippen molar-refractivity contribution in [3.8, 4) is 5.75 Å². The van der Waals surface area contributed by atoms with Gasteiger partial charge in [-0.25, -0.2) is 15.0 Å². The van der Waals surface area contributed by atoms with E-state index in [1.54, 1.807) is 12.4 Å². The molecule has 0 fully saturated rings. The smallest absolute Gasteiger partial charge is 0.152 e. The first kappa shape index (κ1) is 22.5. The van der Waals surface area contributed by atoms with Gasteiger partial charge in [0.25, 0.3) is 0 Å². The summed E-state index contributed by atoms with van der Waals surface area (Å²) in [5.41, 5.74) is 14.2. The number of aryl methyl sites for hydroxylation is 4. The van der Waals surface area contributed by atoms with E-state index in [-0.39, 0.29) is 0 Å². The topological polar surface area (TPSA) is 112 Å². The summed E-state index contributed by atoms with van der Waals surface area (Å²) in [4.78, 5) is 13.4. The third-order valence-corrected chi connectivity index (χ3v) is 6.34. The van der Waals surface area contributed by atoms with E-state index in [0.29, 0.717) is 30.5 Å². The number of nitrogens with one attached hydrogen (secondary N) is 1. The number of benzene rings is 2. The zero-order valence-corrected chi connectivity index (χ0v) is 20.3. The molecule has 35 heavy (non-hydrogen) atoms. The molecule has 0 saturated heterocycles. The minimum atomic E-state index is 0.397. The fourth-order valence-corrected chi connectivity index (χ4v) is 4.23. The summed E-state index contributed by atoms with van der Waals surface area (Å²) in [5, 5.41) is 13.8. The molecule has 0 spiro atoms. The minimum absolute atomic E-state index is 0.397. The van der Waals surface area contributed by atoms with Crippen molar-refractivity contribution in [2.24, 2.45) is 0 Å². The maximum atomic E-state index is 6.07. The maximum Gasteiger partial charge on any atom is 0.152 e. The van der Waals surface area contributed by atoms with Crippen LogP contribution in [0, 0.1) is 27.7 Å². The molecule has 0 atom stereocenters. The molecule has 8 heteroatoms. The number of pyridine rings is 1. The number of fused-ring (bicyclic) bond motifs is 2. The van der Waals surface area contributed by atoms with Crippen LogP contribution >= 0.6 is 0 Å². The predicted octanol–water partition coefficient (Wildman–Crippen LogP) is 4.97. The SMILES string of the molecule is Cc1cc2c(N)nccc2c(C)c1CNc1cc(OCc2ccc3nc(C)c(C)nc3c2)cnn1. The molecule has 5 rings (SSSR count). The molecule has 0 bridgehead atoms. The van der Waals surface area contributed by atoms with Crippen LogP contribution in [0.4, 0.5) is 11.6 Å². The average molecular weight is 466 g/mol. The van der Waals surface area contributed by atoms with Gasteiger partial charge in [-0.05, 0) is 79.6 Å². The number of nitrogen functional groups attached to an aromatic ring is 1. The summed E-state index contributed by atoms with van der Waals surface area (Å²) < 4.78 is 5.99. The van der Waals surface area contributed by atoms with Crippen LogP contribution in [0.15, 0.2) is 48.8 Å². The summed E-state index contributed by atoms with van der Waals surface area (Å²) in [6.45, 7) is 9.13. The Labute approximate surface area is 203 Å². The molecule has 0 aliphatic heterocycles. The second-order valence-electron chi connectivity index (χ2n) is 8.72. The normalized spacial score (nSPS) is 11.2. The predicted molar refractivity (Wildman–Crippen MR) is 138 cm³/mol. The summed E-state index contributed by atoms with van der Waals surface area (Å²) in [5.74, 6) is 1.83. The van der Waals surface area contributed by atoms with Gasteiger partial charge in [-0.15, -0.1) is 5.10 Å². The highest BCUT2D eigenvalue weighted by molar-refractivity contribution is 5.94. The van der Waals surface area contributed by atoms with Gasteiger partial charge in [0.05, 0.1) is 28.6 Å². The monoisotopic (exact) mass is 465 g/mol. The number of hydrogen-bond acceptors (Lipinski definition) is 8. The van der Waals surface area contributed by atoms with Crippen molar-refractivity contribution in [1.82, 2.24) is 25.1 Å². The highest BCUT2D eigenvalue weighted by Crippen LogP contribution is 2.28. The Morgan fingerprint density at radius 1 is 0.914 bits per heavy atom. The van der Waals surface area contributed by atoms with Crippen molar-refractivity contribution < 1.29 is 4.74 Å². The van der Waals surface area contributed by atoms with Gasteiger partial charge in [-0.2, -0.15) is 5.10 Å². The molecule has 8 nitrogen and oxygen atoms in total. The molecule has 0 aliphatic carbocycles. The molecule has 0 radical (unpaired) electrons. The quantitative estimate of drug-likeness (QED) is 0.361. The van der Waals surface area contributed by atoms with Gasteiger partial charge in [-0.3, -0.25) is 0 Å². The van der Waals surface area contributed by atoms with Crippen LogP contribution in [0.2, 0.25) is 0 Å². The summed E-state index contributed by atoms with van der Waals surface area (Å²) in [7, 11) is 0. The molecule has 3 aromatic heterocycles. The molecule has 3 N–H and O–H groups in total. The Morgan fingerprint density at radius 3 is 2.54 bits per heavy atom. The highest BCUT2D eigenvalue weighted by Gasteiger charge is 2.11. The van der Waals surface area contributed by atoms with Crippen LogP contribution in [0.25, 0.3) is 21.8 Å². The third kappa shape index (κ3) is 4.55. The van der Waals surface area contributed by atoms with Gasteiger partial charge in [-0.1, -0.05) is 6.07 Å². The highest BCUT2D eigenvalue weighted by atomic mass is 16.5. The number of rotatable bonds is 6. The van der Waals surface area contributed by atoms with Gasteiger partial charge in [0.2, 0.25) is 0 Å². The van der Waals surface area contributed by atoms with Crippen LogP contribution in [-0.4, -0.2) is 25.1 Å². The molecule has 0 amide bonds. The Hall–Kier alpha value is -4.33. The Balaban J connectivity index is 1.29. The molecule has 0 unspecified atom stereocenters. The zero-order chi connectivity index (χ0) is 24.5. The van der Waals surface area contributed by atoms with Crippen LogP contribution in [-0.2, 0) is 13.2 Å². The Bertz CT molecular complexity index is 1570. The second-order valence-corrected chi connectivity index (χ2v) is 8.72. The fraction of sp³-hybridized carbons (Fsp3) is 0.222. The van der Waals surface area contributed by atoms with Crippen molar-refractivity contribution in [1.29, 1.82) is 0 Å². The van der Waals surface area contributed by atoms with Crippen molar-refractivity contribution in [3.05, 3.63) is 82.4 Å². The van der Waals surface area contributed by atoms with E-state index in [1.807, 2.05) is 44.2 Å². The van der Waals surface area contributed by atoms with Crippen LogP contribution < -0.4 is 15.8 Å². The van der Waals surface area contributed by atoms with E-state index in [9.17, 15) is 0 Å². The van der Waals surface area contributed by atoms with E-state index < -0.39 is 0 Å². The number of nitrogens with zero attached hydrogens (tertiary/aromatic N) is 5. The number of nitrogens with two attached hydrogens (primary N) is 1. The van der Waals surface area contributed by atoms with Crippen molar-refractivity contribution in [3.63, 3.8) is 0 Å². The molecule has 5 aromatic rings. The lowest BCUT2D eigenvalue weighted by Crippen LogP contribution is -2.07. The molecule has 0 saturated carbocycles. The van der Waals surface area contributed by atoms with Gasteiger partial charge >= 0.3 is 0 Å². The van der Waals surface area contributed by atoms with Crippen molar-refractivity contribution in [2.45, 2.75) is 40.8 Å².